The van der Waals surface area contributed by atoms with Gasteiger partial charge in [0.05, 0.1) is 5.69 Å². The lowest BCUT2D eigenvalue weighted by Crippen LogP contribution is -1.97. The lowest BCUT2D eigenvalue weighted by Gasteiger charge is -2.02. The summed E-state index contributed by atoms with van der Waals surface area (Å²) in [5.74, 6) is -0.334. The molecule has 0 radical (unpaired) electrons. The highest BCUT2D eigenvalue weighted by Gasteiger charge is 1.98. The molecule has 21 heavy (non-hydrogen) atoms. The van der Waals surface area contributed by atoms with Crippen LogP contribution in [0.3, 0.4) is 0 Å². The van der Waals surface area contributed by atoms with Crippen molar-refractivity contribution in [2.75, 3.05) is 0 Å². The number of oxazole rings is 1. The zero-order valence-electron chi connectivity index (χ0n) is 13.8. The van der Waals surface area contributed by atoms with E-state index in [-0.39, 0.29) is 5.76 Å². The van der Waals surface area contributed by atoms with Crippen molar-refractivity contribution in [3.05, 3.63) is 22.5 Å². The fraction of sp³-hybridized carbons (Fsp3) is 0.833. The number of aromatic amines is 1. The normalized spacial score (nSPS) is 11.1. The first kappa shape index (κ1) is 18.1. The van der Waals surface area contributed by atoms with Crippen molar-refractivity contribution in [1.82, 2.24) is 4.98 Å². The van der Waals surface area contributed by atoms with Crippen LogP contribution in [-0.2, 0) is 6.42 Å². The number of hydrogen-bond donors (Lipinski definition) is 1. The quantitative estimate of drug-likeness (QED) is 0.454. The number of rotatable bonds is 14. The summed E-state index contributed by atoms with van der Waals surface area (Å²) in [6, 6.07) is 0. The Morgan fingerprint density at radius 1 is 0.810 bits per heavy atom. The fourth-order valence-electron chi connectivity index (χ4n) is 2.77. The predicted octanol–water partition coefficient (Wildman–Crippen LogP) is 5.60. The smallest absolute Gasteiger partial charge is 0.416 e. The molecule has 0 atom stereocenters. The summed E-state index contributed by atoms with van der Waals surface area (Å²) in [6.45, 7) is 2.27. The summed E-state index contributed by atoms with van der Waals surface area (Å²) in [7, 11) is 0. The third-order valence-corrected chi connectivity index (χ3v) is 4.12. The van der Waals surface area contributed by atoms with Gasteiger partial charge in [-0.25, -0.2) is 4.79 Å². The van der Waals surface area contributed by atoms with E-state index >= 15 is 0 Å². The maximum Gasteiger partial charge on any atom is 0.416 e. The highest BCUT2D eigenvalue weighted by molar-refractivity contribution is 4.90. The van der Waals surface area contributed by atoms with E-state index < -0.39 is 0 Å². The van der Waals surface area contributed by atoms with Crippen LogP contribution in [0.4, 0.5) is 0 Å². The van der Waals surface area contributed by atoms with Crippen LogP contribution >= 0.6 is 0 Å². The number of nitrogens with one attached hydrogen (secondary N) is 1. The maximum atomic E-state index is 10.8. The zero-order chi connectivity index (χ0) is 15.2. The second kappa shape index (κ2) is 12.7. The highest BCUT2D eigenvalue weighted by Crippen LogP contribution is 2.13. The summed E-state index contributed by atoms with van der Waals surface area (Å²) in [4.78, 5) is 13.5. The van der Waals surface area contributed by atoms with Crippen LogP contribution in [0, 0.1) is 0 Å². The Kier molecular flexibility index (Phi) is 10.9. The molecule has 3 heteroatoms. The average Bonchev–Trinajstić information content (AvgIpc) is 2.89. The van der Waals surface area contributed by atoms with Gasteiger partial charge in [-0.3, -0.25) is 4.98 Å². The van der Waals surface area contributed by atoms with E-state index in [1.807, 2.05) is 0 Å². The first-order chi connectivity index (χ1) is 10.3. The molecule has 0 unspecified atom stereocenters. The van der Waals surface area contributed by atoms with E-state index in [9.17, 15) is 4.79 Å². The topological polar surface area (TPSA) is 46.0 Å². The van der Waals surface area contributed by atoms with Crippen LogP contribution in [0.15, 0.2) is 15.5 Å². The molecular formula is C18H33NO2. The summed E-state index contributed by atoms with van der Waals surface area (Å²) < 4.78 is 4.72. The van der Waals surface area contributed by atoms with Gasteiger partial charge in [0.1, 0.15) is 6.26 Å². The molecule has 0 spiro atoms. The summed E-state index contributed by atoms with van der Waals surface area (Å²) in [5, 5.41) is 0. The molecule has 1 aromatic heterocycles. The molecule has 3 nitrogen and oxygen atoms in total. The van der Waals surface area contributed by atoms with Gasteiger partial charge in [-0.15, -0.1) is 0 Å². The predicted molar refractivity (Wildman–Crippen MR) is 88.7 cm³/mol. The standard InChI is InChI=1S/C18H33NO2/c1-2-3-4-5-6-7-8-9-10-11-12-13-14-15-17-16-21-18(20)19-17/h16H,2-15H2,1H3,(H,19,20). The molecule has 0 aliphatic rings. The van der Waals surface area contributed by atoms with Crippen molar-refractivity contribution in [1.29, 1.82) is 0 Å². The number of unbranched alkanes of at least 4 members (excludes halogenated alkanes) is 12. The average molecular weight is 295 g/mol. The van der Waals surface area contributed by atoms with E-state index in [2.05, 4.69) is 11.9 Å². The molecule has 0 saturated carbocycles. The minimum absolute atomic E-state index is 0.334. The molecule has 0 saturated heterocycles. The SMILES string of the molecule is CCCCCCCCCCCCCCCc1coc(=O)[nH]1. The van der Waals surface area contributed by atoms with Crippen molar-refractivity contribution in [2.45, 2.75) is 96.8 Å². The van der Waals surface area contributed by atoms with Crippen LogP contribution in [0.25, 0.3) is 0 Å². The van der Waals surface area contributed by atoms with Gasteiger partial charge in [0.15, 0.2) is 0 Å². The van der Waals surface area contributed by atoms with Crippen LogP contribution in [-0.4, -0.2) is 4.98 Å². The summed E-state index contributed by atoms with van der Waals surface area (Å²) in [5.41, 5.74) is 0.933. The first-order valence-corrected chi connectivity index (χ1v) is 8.99. The first-order valence-electron chi connectivity index (χ1n) is 8.99. The Bertz CT molecular complexity index is 381. The highest BCUT2D eigenvalue weighted by atomic mass is 16.4. The molecule has 0 aliphatic carbocycles. The molecular weight excluding hydrogens is 262 g/mol. The molecule has 1 aromatic rings. The number of aryl methyl sites for hydroxylation is 1. The Morgan fingerprint density at radius 2 is 1.29 bits per heavy atom. The van der Waals surface area contributed by atoms with E-state index in [1.165, 1.54) is 77.0 Å². The Morgan fingerprint density at radius 3 is 1.71 bits per heavy atom. The molecule has 122 valence electrons. The Balaban J connectivity index is 1.75. The molecule has 1 rings (SSSR count). The fourth-order valence-corrected chi connectivity index (χ4v) is 2.77. The largest absolute Gasteiger partial charge is 0.416 e. The van der Waals surface area contributed by atoms with Gasteiger partial charge in [0.25, 0.3) is 0 Å². The molecule has 0 bridgehead atoms. The van der Waals surface area contributed by atoms with E-state index in [0.717, 1.165) is 18.5 Å². The minimum Gasteiger partial charge on any atom is -0.416 e. The molecule has 0 aliphatic heterocycles. The number of aromatic nitrogens is 1. The molecule has 1 N–H and O–H groups in total. The van der Waals surface area contributed by atoms with Gasteiger partial charge in [0, 0.05) is 0 Å². The second-order valence-corrected chi connectivity index (χ2v) is 6.17. The van der Waals surface area contributed by atoms with Gasteiger partial charge in [-0.2, -0.15) is 0 Å². The van der Waals surface area contributed by atoms with E-state index in [1.54, 1.807) is 6.26 Å². The van der Waals surface area contributed by atoms with Crippen molar-refractivity contribution in [2.24, 2.45) is 0 Å². The number of H-pyrrole nitrogens is 1. The summed E-state index contributed by atoms with van der Waals surface area (Å²) in [6.07, 6.45) is 20.2. The van der Waals surface area contributed by atoms with Gasteiger partial charge in [-0.1, -0.05) is 84.0 Å². The van der Waals surface area contributed by atoms with Gasteiger partial charge in [0.2, 0.25) is 0 Å². The van der Waals surface area contributed by atoms with Crippen molar-refractivity contribution in [3.63, 3.8) is 0 Å². The van der Waals surface area contributed by atoms with Crippen molar-refractivity contribution >= 4 is 0 Å². The van der Waals surface area contributed by atoms with Crippen molar-refractivity contribution in [3.8, 4) is 0 Å². The third kappa shape index (κ3) is 10.4. The summed E-state index contributed by atoms with van der Waals surface area (Å²) >= 11 is 0. The Hall–Kier alpha value is -0.990. The number of hydrogen-bond acceptors (Lipinski definition) is 2. The van der Waals surface area contributed by atoms with Gasteiger partial charge < -0.3 is 4.42 Å². The minimum atomic E-state index is -0.334. The van der Waals surface area contributed by atoms with Crippen LogP contribution in [0.5, 0.6) is 0 Å². The maximum absolute atomic E-state index is 10.8. The zero-order valence-corrected chi connectivity index (χ0v) is 13.8. The molecule has 0 fully saturated rings. The van der Waals surface area contributed by atoms with Crippen LogP contribution in [0.2, 0.25) is 0 Å². The van der Waals surface area contributed by atoms with Crippen LogP contribution < -0.4 is 5.76 Å². The van der Waals surface area contributed by atoms with Crippen LogP contribution in [0.1, 0.15) is 96.1 Å². The van der Waals surface area contributed by atoms with Gasteiger partial charge in [-0.05, 0) is 12.8 Å². The lowest BCUT2D eigenvalue weighted by molar-refractivity contribution is 0.514. The van der Waals surface area contributed by atoms with Gasteiger partial charge >= 0.3 is 5.76 Å². The lowest BCUT2D eigenvalue weighted by atomic mass is 10.0. The second-order valence-electron chi connectivity index (χ2n) is 6.17. The van der Waals surface area contributed by atoms with E-state index in [0.29, 0.717) is 0 Å². The Labute approximate surface area is 129 Å². The van der Waals surface area contributed by atoms with E-state index in [4.69, 9.17) is 4.42 Å². The third-order valence-electron chi connectivity index (χ3n) is 4.12. The molecule has 0 aromatic carbocycles. The monoisotopic (exact) mass is 295 g/mol. The van der Waals surface area contributed by atoms with Crippen molar-refractivity contribution < 1.29 is 4.42 Å². The molecule has 0 amide bonds. The molecule has 1 heterocycles.